The van der Waals surface area contributed by atoms with E-state index in [4.69, 9.17) is 8.94 Å². The SMILES string of the molecule is Cc1ccc(-c2nc(CSc3nc4cc(S(=O)(=O)N(C)C)ccc4o3)no2)cc1. The minimum absolute atomic E-state index is 0.167. The van der Waals surface area contributed by atoms with Gasteiger partial charge in [-0.2, -0.15) is 4.98 Å². The van der Waals surface area contributed by atoms with E-state index >= 15 is 0 Å². The Bertz CT molecular complexity index is 1260. The minimum atomic E-state index is -3.53. The van der Waals surface area contributed by atoms with E-state index < -0.39 is 10.0 Å². The summed E-state index contributed by atoms with van der Waals surface area (Å²) < 4.78 is 36.7. The van der Waals surface area contributed by atoms with Gasteiger partial charge in [-0.1, -0.05) is 34.6 Å². The van der Waals surface area contributed by atoms with Crippen molar-refractivity contribution in [3.63, 3.8) is 0 Å². The molecule has 0 amide bonds. The van der Waals surface area contributed by atoms with Gasteiger partial charge in [-0.05, 0) is 37.3 Å². The van der Waals surface area contributed by atoms with E-state index in [-0.39, 0.29) is 4.90 Å². The maximum absolute atomic E-state index is 12.3. The summed E-state index contributed by atoms with van der Waals surface area (Å²) in [5, 5.41) is 4.39. The molecule has 0 radical (unpaired) electrons. The summed E-state index contributed by atoms with van der Waals surface area (Å²) in [6.45, 7) is 2.01. The summed E-state index contributed by atoms with van der Waals surface area (Å²) in [6.07, 6.45) is 0. The monoisotopic (exact) mass is 430 g/mol. The van der Waals surface area contributed by atoms with Crippen LogP contribution in [0.25, 0.3) is 22.6 Å². The molecule has 0 atom stereocenters. The van der Waals surface area contributed by atoms with Crippen molar-refractivity contribution in [2.24, 2.45) is 0 Å². The highest BCUT2D eigenvalue weighted by atomic mass is 32.2. The Morgan fingerprint density at radius 2 is 1.83 bits per heavy atom. The number of aromatic nitrogens is 3. The minimum Gasteiger partial charge on any atom is -0.431 e. The molecule has 29 heavy (non-hydrogen) atoms. The maximum Gasteiger partial charge on any atom is 0.257 e. The molecule has 0 unspecified atom stereocenters. The van der Waals surface area contributed by atoms with Crippen molar-refractivity contribution in [2.45, 2.75) is 22.8 Å². The maximum atomic E-state index is 12.3. The largest absolute Gasteiger partial charge is 0.431 e. The van der Waals surface area contributed by atoms with E-state index in [2.05, 4.69) is 15.1 Å². The lowest BCUT2D eigenvalue weighted by molar-refractivity contribution is 0.425. The highest BCUT2D eigenvalue weighted by molar-refractivity contribution is 7.98. The molecule has 0 saturated heterocycles. The fraction of sp³-hybridized carbons (Fsp3) is 0.211. The fourth-order valence-electron chi connectivity index (χ4n) is 2.57. The van der Waals surface area contributed by atoms with Gasteiger partial charge < -0.3 is 8.94 Å². The lowest BCUT2D eigenvalue weighted by atomic mass is 10.1. The molecule has 0 aliphatic heterocycles. The molecule has 2 aromatic heterocycles. The van der Waals surface area contributed by atoms with Crippen LogP contribution >= 0.6 is 11.8 Å². The molecule has 2 aromatic carbocycles. The molecule has 8 nitrogen and oxygen atoms in total. The standard InChI is InChI=1S/C19H18N4O4S2/c1-12-4-6-13(7-5-12)18-21-17(22-27-18)11-28-19-20-15-10-14(8-9-16(15)26-19)29(24,25)23(2)3/h4-10H,11H2,1-3H3. The average Bonchev–Trinajstić information content (AvgIpc) is 3.32. The van der Waals surface area contributed by atoms with E-state index in [0.717, 1.165) is 15.4 Å². The van der Waals surface area contributed by atoms with Crippen LogP contribution in [0.1, 0.15) is 11.4 Å². The van der Waals surface area contributed by atoms with E-state index in [0.29, 0.717) is 33.8 Å². The third kappa shape index (κ3) is 4.04. The van der Waals surface area contributed by atoms with Crippen LogP contribution in [-0.2, 0) is 15.8 Å². The number of thioether (sulfide) groups is 1. The Hall–Kier alpha value is -2.69. The summed E-state index contributed by atoms with van der Waals surface area (Å²) in [5.41, 5.74) is 3.00. The Morgan fingerprint density at radius 3 is 2.55 bits per heavy atom. The van der Waals surface area contributed by atoms with Crippen LogP contribution in [0.4, 0.5) is 0 Å². The molecule has 10 heteroatoms. The summed E-state index contributed by atoms with van der Waals surface area (Å²) in [4.78, 5) is 8.92. The van der Waals surface area contributed by atoms with Gasteiger partial charge in [0, 0.05) is 19.7 Å². The molecule has 4 aromatic rings. The predicted molar refractivity (Wildman–Crippen MR) is 109 cm³/mol. The number of hydrogen-bond acceptors (Lipinski definition) is 8. The van der Waals surface area contributed by atoms with Crippen molar-refractivity contribution in [2.75, 3.05) is 14.1 Å². The Balaban J connectivity index is 1.50. The summed E-state index contributed by atoms with van der Waals surface area (Å²) in [7, 11) is -0.557. The molecule has 0 saturated carbocycles. The normalized spacial score (nSPS) is 12.1. The van der Waals surface area contributed by atoms with E-state index in [1.807, 2.05) is 31.2 Å². The second-order valence-electron chi connectivity index (χ2n) is 6.57. The molecule has 0 fully saturated rings. The van der Waals surface area contributed by atoms with E-state index in [9.17, 15) is 8.42 Å². The summed E-state index contributed by atoms with van der Waals surface area (Å²) in [5.74, 6) is 1.38. The van der Waals surface area contributed by atoms with Crippen LogP contribution < -0.4 is 0 Å². The summed E-state index contributed by atoms with van der Waals surface area (Å²) in [6, 6.07) is 12.4. The van der Waals surface area contributed by atoms with Crippen molar-refractivity contribution in [1.82, 2.24) is 19.4 Å². The number of rotatable bonds is 6. The quantitative estimate of drug-likeness (QED) is 0.426. The van der Waals surface area contributed by atoms with Gasteiger partial charge in [0.05, 0.1) is 10.6 Å². The molecular formula is C19H18N4O4S2. The van der Waals surface area contributed by atoms with Gasteiger partial charge in [0.1, 0.15) is 5.52 Å². The third-order valence-electron chi connectivity index (χ3n) is 4.21. The van der Waals surface area contributed by atoms with Gasteiger partial charge >= 0.3 is 0 Å². The van der Waals surface area contributed by atoms with Crippen LogP contribution in [0.2, 0.25) is 0 Å². The number of sulfonamides is 1. The number of benzene rings is 2. The van der Waals surface area contributed by atoms with Crippen molar-refractivity contribution in [1.29, 1.82) is 0 Å². The van der Waals surface area contributed by atoms with Crippen LogP contribution in [0.15, 0.2) is 61.5 Å². The second kappa shape index (κ2) is 7.62. The third-order valence-corrected chi connectivity index (χ3v) is 6.84. The molecular weight excluding hydrogens is 412 g/mol. The smallest absolute Gasteiger partial charge is 0.257 e. The van der Waals surface area contributed by atoms with Gasteiger partial charge in [0.25, 0.3) is 11.1 Å². The number of oxazole rings is 1. The Kier molecular flexibility index (Phi) is 5.15. The van der Waals surface area contributed by atoms with Gasteiger partial charge in [-0.15, -0.1) is 0 Å². The zero-order valence-corrected chi connectivity index (χ0v) is 17.6. The van der Waals surface area contributed by atoms with Crippen LogP contribution in [0, 0.1) is 6.92 Å². The van der Waals surface area contributed by atoms with Crippen molar-refractivity contribution in [3.05, 3.63) is 53.9 Å². The molecule has 0 bridgehead atoms. The van der Waals surface area contributed by atoms with E-state index in [1.54, 1.807) is 6.07 Å². The highest BCUT2D eigenvalue weighted by Gasteiger charge is 2.19. The topological polar surface area (TPSA) is 102 Å². The van der Waals surface area contributed by atoms with Gasteiger partial charge in [0.2, 0.25) is 10.0 Å². The van der Waals surface area contributed by atoms with Gasteiger partial charge in [0.15, 0.2) is 11.4 Å². The van der Waals surface area contributed by atoms with Crippen molar-refractivity contribution < 1.29 is 17.4 Å². The average molecular weight is 431 g/mol. The number of hydrogen-bond donors (Lipinski definition) is 0. The van der Waals surface area contributed by atoms with Crippen LogP contribution in [0.3, 0.4) is 0 Å². The predicted octanol–water partition coefficient (Wildman–Crippen LogP) is 3.73. The lowest BCUT2D eigenvalue weighted by Gasteiger charge is -2.10. The molecule has 2 heterocycles. The first-order chi connectivity index (χ1) is 13.8. The lowest BCUT2D eigenvalue weighted by Crippen LogP contribution is -2.22. The zero-order valence-electron chi connectivity index (χ0n) is 16.0. The number of nitrogens with zero attached hydrogens (tertiary/aromatic N) is 4. The van der Waals surface area contributed by atoms with E-state index in [1.165, 1.54) is 38.0 Å². The van der Waals surface area contributed by atoms with Crippen molar-refractivity contribution >= 4 is 32.9 Å². The molecule has 150 valence electrons. The second-order valence-corrected chi connectivity index (χ2v) is 9.65. The first kappa shape index (κ1) is 19.6. The Morgan fingerprint density at radius 1 is 1.07 bits per heavy atom. The molecule has 0 spiro atoms. The highest BCUT2D eigenvalue weighted by Crippen LogP contribution is 2.28. The summed E-state index contributed by atoms with van der Waals surface area (Å²) >= 11 is 1.31. The van der Waals surface area contributed by atoms with Crippen LogP contribution in [-0.4, -0.2) is 41.9 Å². The van der Waals surface area contributed by atoms with Gasteiger partial charge in [-0.3, -0.25) is 0 Å². The van der Waals surface area contributed by atoms with Crippen molar-refractivity contribution in [3.8, 4) is 11.5 Å². The van der Waals surface area contributed by atoms with Gasteiger partial charge in [-0.25, -0.2) is 17.7 Å². The number of fused-ring (bicyclic) bond motifs is 1. The zero-order chi connectivity index (χ0) is 20.6. The first-order valence-corrected chi connectivity index (χ1v) is 11.1. The molecule has 0 aliphatic rings. The van der Waals surface area contributed by atoms with Crippen LogP contribution in [0.5, 0.6) is 0 Å². The first-order valence-electron chi connectivity index (χ1n) is 8.68. The Labute approximate surface area is 172 Å². The molecule has 0 aliphatic carbocycles. The molecule has 0 N–H and O–H groups in total. The number of aryl methyl sites for hydroxylation is 1. The fourth-order valence-corrected chi connectivity index (χ4v) is 4.18. The molecule has 4 rings (SSSR count).